The van der Waals surface area contributed by atoms with Crippen molar-refractivity contribution in [2.75, 3.05) is 13.7 Å². The van der Waals surface area contributed by atoms with Crippen molar-refractivity contribution in [3.63, 3.8) is 0 Å². The van der Waals surface area contributed by atoms with Crippen molar-refractivity contribution in [1.82, 2.24) is 5.32 Å². The molecule has 0 fully saturated rings. The summed E-state index contributed by atoms with van der Waals surface area (Å²) in [6.45, 7) is 3.52. The fraction of sp³-hybridized carbons (Fsp3) is 0.500. The van der Waals surface area contributed by atoms with Crippen molar-refractivity contribution in [3.05, 3.63) is 0 Å². The van der Waals surface area contributed by atoms with Crippen LogP contribution in [0, 0.1) is 12.3 Å². The van der Waals surface area contributed by atoms with Gasteiger partial charge in [0.1, 0.15) is 0 Å². The second-order valence-electron chi connectivity index (χ2n) is 1.59. The van der Waals surface area contributed by atoms with Gasteiger partial charge in [0, 0.05) is 7.05 Å². The lowest BCUT2D eigenvalue weighted by atomic mass is 10.6. The number of esters is 1. The van der Waals surface area contributed by atoms with Gasteiger partial charge in [0.2, 0.25) is 0 Å². The maximum Gasteiger partial charge on any atom is 0.396 e. The largest absolute Gasteiger partial charge is 0.459 e. The van der Waals surface area contributed by atoms with Crippen LogP contribution >= 0.6 is 0 Å². The summed E-state index contributed by atoms with van der Waals surface area (Å²) in [5.74, 6) is 0.705. The summed E-state index contributed by atoms with van der Waals surface area (Å²) in [7, 11) is 1.37. The molecule has 1 amide bonds. The number of amides is 1. The maximum atomic E-state index is 10.3. The monoisotopic (exact) mass is 171 g/mol. The van der Waals surface area contributed by atoms with Gasteiger partial charge in [-0.05, 0) is 13.8 Å². The van der Waals surface area contributed by atoms with E-state index in [0.717, 1.165) is 0 Å². The van der Waals surface area contributed by atoms with Gasteiger partial charge in [-0.2, -0.15) is 0 Å². The number of terminal acetylenes is 1. The molecule has 0 heterocycles. The Hall–Kier alpha value is -1.50. The first-order chi connectivity index (χ1) is 5.63. The predicted octanol–water partition coefficient (Wildman–Crippen LogP) is -0.0650. The zero-order chi connectivity index (χ0) is 9.98. The second-order valence-corrected chi connectivity index (χ2v) is 1.59. The van der Waals surface area contributed by atoms with Gasteiger partial charge < -0.3 is 10.1 Å². The number of hydrogen-bond donors (Lipinski definition) is 1. The molecule has 0 aromatic rings. The summed E-state index contributed by atoms with van der Waals surface area (Å²) >= 11 is 0. The molecular formula is C8H13NO3. The first-order valence-electron chi connectivity index (χ1n) is 3.40. The molecule has 1 N–H and O–H groups in total. The normalized spacial score (nSPS) is 6.83. The molecule has 0 saturated heterocycles. The van der Waals surface area contributed by atoms with Crippen molar-refractivity contribution in [2.24, 2.45) is 0 Å². The van der Waals surface area contributed by atoms with Gasteiger partial charge in [0.25, 0.3) is 0 Å². The Labute approximate surface area is 72.3 Å². The lowest BCUT2D eigenvalue weighted by molar-refractivity contribution is -0.154. The molecule has 0 atom stereocenters. The van der Waals surface area contributed by atoms with Gasteiger partial charge in [0.15, 0.2) is 0 Å². The molecule has 0 aliphatic rings. The Bertz CT molecular complexity index is 181. The highest BCUT2D eigenvalue weighted by Crippen LogP contribution is 1.75. The van der Waals surface area contributed by atoms with E-state index in [1.807, 2.05) is 0 Å². The first-order valence-corrected chi connectivity index (χ1v) is 3.40. The summed E-state index contributed by atoms with van der Waals surface area (Å²) in [5.41, 5.74) is 0. The van der Waals surface area contributed by atoms with E-state index < -0.39 is 11.9 Å². The number of ether oxygens (including phenoxy) is 1. The molecule has 0 rings (SSSR count). The Morgan fingerprint density at radius 2 is 2.00 bits per heavy atom. The van der Waals surface area contributed by atoms with E-state index in [1.54, 1.807) is 13.8 Å². The average molecular weight is 171 g/mol. The minimum atomic E-state index is -0.833. The lowest BCUT2D eigenvalue weighted by Crippen LogP contribution is -2.29. The van der Waals surface area contributed by atoms with Crippen molar-refractivity contribution >= 4 is 11.9 Å². The fourth-order valence-electron chi connectivity index (χ4n) is 0.299. The predicted molar refractivity (Wildman–Crippen MR) is 45.2 cm³/mol. The van der Waals surface area contributed by atoms with E-state index in [9.17, 15) is 9.59 Å². The summed E-state index contributed by atoms with van der Waals surface area (Å²) in [6.07, 6.45) is 4.60. The molecule has 0 spiro atoms. The molecule has 0 aliphatic heterocycles. The van der Waals surface area contributed by atoms with Crippen LogP contribution in [-0.4, -0.2) is 25.5 Å². The molecule has 0 aromatic carbocycles. The number of carbonyl (C=O) groups is 2. The lowest BCUT2D eigenvalue weighted by Gasteiger charge is -1.97. The van der Waals surface area contributed by atoms with E-state index in [4.69, 9.17) is 0 Å². The van der Waals surface area contributed by atoms with Crippen LogP contribution in [0.25, 0.3) is 0 Å². The van der Waals surface area contributed by atoms with Crippen LogP contribution in [0.5, 0.6) is 0 Å². The molecule has 0 unspecified atom stereocenters. The molecule has 4 heteroatoms. The van der Waals surface area contributed by atoms with Crippen LogP contribution in [-0.2, 0) is 14.3 Å². The van der Waals surface area contributed by atoms with Crippen LogP contribution in [0.3, 0.4) is 0 Å². The molecule has 0 aromatic heterocycles. The smallest absolute Gasteiger partial charge is 0.396 e. The average Bonchev–Trinajstić information content (AvgIpc) is 2.05. The summed E-state index contributed by atoms with van der Waals surface area (Å²) < 4.78 is 4.34. The molecule has 0 radical (unpaired) electrons. The number of hydrogen-bond acceptors (Lipinski definition) is 3. The zero-order valence-electron chi connectivity index (χ0n) is 7.51. The third-order valence-electron chi connectivity index (χ3n) is 0.688. The highest BCUT2D eigenvalue weighted by Gasteiger charge is 2.10. The van der Waals surface area contributed by atoms with Crippen molar-refractivity contribution in [2.45, 2.75) is 13.8 Å². The zero-order valence-corrected chi connectivity index (χ0v) is 7.51. The summed E-state index contributed by atoms with van der Waals surface area (Å²) in [4.78, 5) is 20.7. The summed E-state index contributed by atoms with van der Waals surface area (Å²) in [5, 5.41) is 2.14. The van der Waals surface area contributed by atoms with Crippen LogP contribution in [0.15, 0.2) is 0 Å². The van der Waals surface area contributed by atoms with Crippen molar-refractivity contribution < 1.29 is 14.3 Å². The number of likely N-dealkylation sites (N-methyl/N-ethyl adjacent to an activating group) is 1. The molecule has 0 aliphatic carbocycles. The third kappa shape index (κ3) is 8.50. The van der Waals surface area contributed by atoms with E-state index in [1.165, 1.54) is 7.05 Å². The Kier molecular flexibility index (Phi) is 10.4. The highest BCUT2D eigenvalue weighted by molar-refractivity contribution is 6.32. The molecular weight excluding hydrogens is 158 g/mol. The fourth-order valence-corrected chi connectivity index (χ4v) is 0.299. The van der Waals surface area contributed by atoms with E-state index in [2.05, 4.69) is 22.4 Å². The molecule has 4 nitrogen and oxygen atoms in total. The number of carbonyl (C=O) groups excluding carboxylic acids is 2. The van der Waals surface area contributed by atoms with Gasteiger partial charge in [-0.25, -0.2) is 4.79 Å². The van der Waals surface area contributed by atoms with E-state index >= 15 is 0 Å². The minimum Gasteiger partial charge on any atom is -0.459 e. The SMILES string of the molecule is C#CC.CCOC(=O)C(=O)NC. The van der Waals surface area contributed by atoms with Crippen LogP contribution in [0.4, 0.5) is 0 Å². The van der Waals surface area contributed by atoms with E-state index in [0.29, 0.717) is 0 Å². The standard InChI is InChI=1S/C5H9NO3.C3H4/c1-3-9-5(8)4(7)6-2;1-3-2/h3H2,1-2H3,(H,6,7);1H,2H3. The highest BCUT2D eigenvalue weighted by atomic mass is 16.5. The van der Waals surface area contributed by atoms with Gasteiger partial charge in [-0.15, -0.1) is 12.3 Å². The molecule has 0 saturated carbocycles. The minimum absolute atomic E-state index is 0.228. The maximum absolute atomic E-state index is 10.3. The first kappa shape index (κ1) is 13.1. The van der Waals surface area contributed by atoms with Gasteiger partial charge in [0.05, 0.1) is 6.61 Å². The molecule has 0 bridgehead atoms. The van der Waals surface area contributed by atoms with Crippen LogP contribution < -0.4 is 5.32 Å². The van der Waals surface area contributed by atoms with Gasteiger partial charge in [-0.1, -0.05) is 0 Å². The van der Waals surface area contributed by atoms with Crippen molar-refractivity contribution in [3.8, 4) is 12.3 Å². The van der Waals surface area contributed by atoms with Crippen molar-refractivity contribution in [1.29, 1.82) is 0 Å². The van der Waals surface area contributed by atoms with Crippen LogP contribution in [0.2, 0.25) is 0 Å². The Balaban J connectivity index is 0. The Morgan fingerprint density at radius 3 is 2.25 bits per heavy atom. The topological polar surface area (TPSA) is 55.4 Å². The number of rotatable bonds is 1. The molecule has 68 valence electrons. The van der Waals surface area contributed by atoms with E-state index in [-0.39, 0.29) is 6.61 Å². The number of nitrogens with one attached hydrogen (secondary N) is 1. The third-order valence-corrected chi connectivity index (χ3v) is 0.688. The Morgan fingerprint density at radius 1 is 1.58 bits per heavy atom. The molecule has 12 heavy (non-hydrogen) atoms. The van der Waals surface area contributed by atoms with Crippen LogP contribution in [0.1, 0.15) is 13.8 Å². The summed E-state index contributed by atoms with van der Waals surface area (Å²) in [6, 6.07) is 0. The van der Waals surface area contributed by atoms with Gasteiger partial charge in [-0.3, -0.25) is 4.79 Å². The quantitative estimate of drug-likeness (QED) is 0.341. The van der Waals surface area contributed by atoms with Gasteiger partial charge >= 0.3 is 11.9 Å². The second kappa shape index (κ2) is 9.50.